The highest BCUT2D eigenvalue weighted by Crippen LogP contribution is 2.18. The molecular formula is C9H9ClN2. The van der Waals surface area contributed by atoms with Crippen LogP contribution in [-0.4, -0.2) is 6.54 Å². The Hall–Kier alpha value is -1.15. The van der Waals surface area contributed by atoms with Crippen molar-refractivity contribution in [1.29, 1.82) is 0 Å². The van der Waals surface area contributed by atoms with Crippen molar-refractivity contribution in [2.24, 2.45) is 0 Å². The van der Waals surface area contributed by atoms with Crippen LogP contribution in [-0.2, 0) is 0 Å². The molecule has 0 saturated heterocycles. The third-order valence-electron chi connectivity index (χ3n) is 1.76. The van der Waals surface area contributed by atoms with Gasteiger partial charge in [0.2, 0.25) is 0 Å². The number of nitrogens with zero attached hydrogens (tertiary/aromatic N) is 1. The van der Waals surface area contributed by atoms with Gasteiger partial charge in [-0.2, -0.15) is 0 Å². The van der Waals surface area contributed by atoms with E-state index in [1.807, 2.05) is 35.5 Å². The average molecular weight is 181 g/mol. The molecule has 62 valence electrons. The Morgan fingerprint density at radius 3 is 3.00 bits per heavy atom. The lowest BCUT2D eigenvalue weighted by atomic mass is 10.3. The Bertz CT molecular complexity index is 301. The Kier molecular flexibility index (Phi) is 1.92. The monoisotopic (exact) mass is 180 g/mol. The summed E-state index contributed by atoms with van der Waals surface area (Å²) in [6.45, 7) is 0.889. The van der Waals surface area contributed by atoms with Gasteiger partial charge in [-0.25, -0.2) is 0 Å². The van der Waals surface area contributed by atoms with Crippen LogP contribution in [0.3, 0.4) is 0 Å². The summed E-state index contributed by atoms with van der Waals surface area (Å²) in [7, 11) is 0. The first-order valence-electron chi connectivity index (χ1n) is 3.80. The van der Waals surface area contributed by atoms with Gasteiger partial charge in [0, 0.05) is 11.2 Å². The molecule has 0 saturated carbocycles. The second-order valence-electron chi connectivity index (χ2n) is 2.62. The van der Waals surface area contributed by atoms with Crippen LogP contribution in [0.25, 0.3) is 0 Å². The summed E-state index contributed by atoms with van der Waals surface area (Å²) in [6, 6.07) is 7.76. The van der Waals surface area contributed by atoms with Crippen molar-refractivity contribution >= 4 is 17.3 Å². The zero-order valence-electron chi connectivity index (χ0n) is 6.50. The lowest BCUT2D eigenvalue weighted by Gasteiger charge is -2.18. The van der Waals surface area contributed by atoms with E-state index in [1.54, 1.807) is 0 Å². The Morgan fingerprint density at radius 1 is 1.42 bits per heavy atom. The summed E-state index contributed by atoms with van der Waals surface area (Å²) in [6.07, 6.45) is 3.97. The minimum absolute atomic E-state index is 0.765. The maximum atomic E-state index is 5.85. The van der Waals surface area contributed by atoms with Crippen LogP contribution >= 0.6 is 11.6 Å². The third-order valence-corrected chi connectivity index (χ3v) is 1.99. The molecule has 1 aromatic rings. The number of hydrogen-bond donors (Lipinski definition) is 1. The summed E-state index contributed by atoms with van der Waals surface area (Å²) in [5.41, 5.74) is 4.18. The highest BCUT2D eigenvalue weighted by molar-refractivity contribution is 6.30. The summed E-state index contributed by atoms with van der Waals surface area (Å²) in [5, 5.41) is 2.78. The van der Waals surface area contributed by atoms with Gasteiger partial charge in [0.25, 0.3) is 0 Å². The molecule has 0 aromatic heterocycles. The van der Waals surface area contributed by atoms with Gasteiger partial charge in [0.1, 0.15) is 0 Å². The fourth-order valence-electron chi connectivity index (χ4n) is 1.18. The van der Waals surface area contributed by atoms with Crippen molar-refractivity contribution in [2.45, 2.75) is 0 Å². The van der Waals surface area contributed by atoms with Crippen LogP contribution in [0.15, 0.2) is 36.5 Å². The first-order valence-corrected chi connectivity index (χ1v) is 4.18. The Balaban J connectivity index is 2.22. The number of hydrogen-bond acceptors (Lipinski definition) is 2. The Morgan fingerprint density at radius 2 is 2.33 bits per heavy atom. The van der Waals surface area contributed by atoms with Crippen LogP contribution in [0, 0.1) is 0 Å². The number of halogens is 1. The van der Waals surface area contributed by atoms with Gasteiger partial charge in [-0.05, 0) is 24.3 Å². The van der Waals surface area contributed by atoms with Crippen molar-refractivity contribution in [3.63, 3.8) is 0 Å². The molecule has 0 aliphatic carbocycles. The quantitative estimate of drug-likeness (QED) is 0.713. The second kappa shape index (κ2) is 3.07. The molecule has 0 amide bonds. The van der Waals surface area contributed by atoms with Gasteiger partial charge >= 0.3 is 0 Å². The van der Waals surface area contributed by atoms with E-state index in [0.29, 0.717) is 0 Å². The van der Waals surface area contributed by atoms with Gasteiger partial charge in [0.05, 0.1) is 12.2 Å². The summed E-state index contributed by atoms with van der Waals surface area (Å²) >= 11 is 5.85. The highest BCUT2D eigenvalue weighted by Gasteiger charge is 2.05. The van der Waals surface area contributed by atoms with Gasteiger partial charge < -0.3 is 5.43 Å². The predicted octanol–water partition coefficient (Wildman–Crippen LogP) is 2.18. The van der Waals surface area contributed by atoms with E-state index in [-0.39, 0.29) is 0 Å². The van der Waals surface area contributed by atoms with Crippen LogP contribution in [0.1, 0.15) is 0 Å². The maximum Gasteiger partial charge on any atom is 0.0592 e. The molecule has 0 fully saturated rings. The zero-order valence-corrected chi connectivity index (χ0v) is 7.25. The highest BCUT2D eigenvalue weighted by atomic mass is 35.5. The molecule has 2 rings (SSSR count). The topological polar surface area (TPSA) is 15.3 Å². The number of hydrazine groups is 1. The number of nitrogens with one attached hydrogen (secondary N) is 1. The first-order chi connectivity index (χ1) is 5.86. The molecule has 0 radical (unpaired) electrons. The molecule has 0 spiro atoms. The average Bonchev–Trinajstić information content (AvgIpc) is 2.56. The van der Waals surface area contributed by atoms with Gasteiger partial charge in [0.15, 0.2) is 0 Å². The number of rotatable bonds is 1. The molecule has 1 aliphatic heterocycles. The van der Waals surface area contributed by atoms with E-state index >= 15 is 0 Å². The molecule has 1 aliphatic rings. The minimum atomic E-state index is 0.765. The molecule has 12 heavy (non-hydrogen) atoms. The lowest BCUT2D eigenvalue weighted by molar-refractivity contribution is 0.840. The lowest BCUT2D eigenvalue weighted by Crippen LogP contribution is -2.29. The molecule has 2 nitrogen and oxygen atoms in total. The molecule has 1 N–H and O–H groups in total. The van der Waals surface area contributed by atoms with Crippen LogP contribution < -0.4 is 10.4 Å². The molecule has 1 aromatic carbocycles. The first kappa shape index (κ1) is 7.50. The van der Waals surface area contributed by atoms with Crippen LogP contribution in [0.4, 0.5) is 5.69 Å². The predicted molar refractivity (Wildman–Crippen MR) is 51.1 cm³/mol. The van der Waals surface area contributed by atoms with Crippen molar-refractivity contribution in [1.82, 2.24) is 5.43 Å². The maximum absolute atomic E-state index is 5.85. The van der Waals surface area contributed by atoms with Crippen LogP contribution in [0.2, 0.25) is 5.02 Å². The molecule has 0 unspecified atom stereocenters. The molecule has 3 heteroatoms. The molecule has 0 bridgehead atoms. The van der Waals surface area contributed by atoms with Crippen molar-refractivity contribution < 1.29 is 0 Å². The fraction of sp³-hybridized carbons (Fsp3) is 0.111. The van der Waals surface area contributed by atoms with Crippen molar-refractivity contribution in [3.8, 4) is 0 Å². The number of benzene rings is 1. The SMILES string of the molecule is Clc1cccc(N2CC=CN2)c1. The van der Waals surface area contributed by atoms with Gasteiger partial charge in [-0.1, -0.05) is 17.7 Å². The summed E-state index contributed by atoms with van der Waals surface area (Å²) < 4.78 is 0. The molecule has 1 heterocycles. The normalized spacial score (nSPS) is 14.9. The van der Waals surface area contributed by atoms with Gasteiger partial charge in [-0.15, -0.1) is 0 Å². The smallest absolute Gasteiger partial charge is 0.0592 e. The van der Waals surface area contributed by atoms with Crippen molar-refractivity contribution in [3.05, 3.63) is 41.6 Å². The van der Waals surface area contributed by atoms with E-state index in [9.17, 15) is 0 Å². The molecule has 0 atom stereocenters. The number of anilines is 1. The zero-order chi connectivity index (χ0) is 8.39. The standard InChI is InChI=1S/C9H9ClN2/c10-8-3-1-4-9(7-8)12-6-2-5-11-12/h1-5,7,11H,6H2. The fourth-order valence-corrected chi connectivity index (χ4v) is 1.36. The molecular weight excluding hydrogens is 172 g/mol. The summed E-state index contributed by atoms with van der Waals surface area (Å²) in [5.74, 6) is 0. The van der Waals surface area contributed by atoms with E-state index in [4.69, 9.17) is 11.6 Å². The minimum Gasteiger partial charge on any atom is -0.306 e. The third kappa shape index (κ3) is 1.38. The van der Waals surface area contributed by atoms with E-state index < -0.39 is 0 Å². The van der Waals surface area contributed by atoms with E-state index in [0.717, 1.165) is 17.3 Å². The van der Waals surface area contributed by atoms with Crippen LogP contribution in [0.5, 0.6) is 0 Å². The van der Waals surface area contributed by atoms with Gasteiger partial charge in [-0.3, -0.25) is 5.01 Å². The van der Waals surface area contributed by atoms with Crippen molar-refractivity contribution in [2.75, 3.05) is 11.6 Å². The Labute approximate surface area is 76.4 Å². The van der Waals surface area contributed by atoms with E-state index in [1.165, 1.54) is 0 Å². The largest absolute Gasteiger partial charge is 0.306 e. The summed E-state index contributed by atoms with van der Waals surface area (Å²) in [4.78, 5) is 0. The second-order valence-corrected chi connectivity index (χ2v) is 3.06. The van der Waals surface area contributed by atoms with E-state index in [2.05, 4.69) is 11.5 Å².